The van der Waals surface area contributed by atoms with E-state index in [1.54, 1.807) is 7.11 Å². The van der Waals surface area contributed by atoms with Crippen LogP contribution in [0.4, 0.5) is 0 Å². The van der Waals surface area contributed by atoms with Crippen LogP contribution in [0.15, 0.2) is 48.5 Å². The molecule has 2 aromatic heterocycles. The van der Waals surface area contributed by atoms with Crippen LogP contribution in [0.1, 0.15) is 18.3 Å². The lowest BCUT2D eigenvalue weighted by atomic mass is 10.1. The Labute approximate surface area is 155 Å². The summed E-state index contributed by atoms with van der Waals surface area (Å²) in [6.45, 7) is 2.61. The van der Waals surface area contributed by atoms with Gasteiger partial charge in [-0.3, -0.25) is 0 Å². The second kappa shape index (κ2) is 7.13. The molecule has 0 N–H and O–H groups in total. The van der Waals surface area contributed by atoms with Crippen molar-refractivity contribution in [1.29, 1.82) is 0 Å². The van der Waals surface area contributed by atoms with Crippen LogP contribution in [0.2, 0.25) is 0 Å². The van der Waals surface area contributed by atoms with Crippen molar-refractivity contribution in [2.24, 2.45) is 0 Å². The lowest BCUT2D eigenvalue weighted by Crippen LogP contribution is -1.98. The Hall–Kier alpha value is -2.93. The van der Waals surface area contributed by atoms with Crippen LogP contribution in [0.5, 0.6) is 11.5 Å². The Morgan fingerprint density at radius 1 is 1.04 bits per heavy atom. The summed E-state index contributed by atoms with van der Waals surface area (Å²) in [7, 11) is 1.66. The maximum absolute atomic E-state index is 5.58. The summed E-state index contributed by atoms with van der Waals surface area (Å²) in [6, 6.07) is 15.9. The molecule has 0 aliphatic heterocycles. The topological polar surface area (TPSA) is 61.5 Å². The van der Waals surface area contributed by atoms with Crippen molar-refractivity contribution in [1.82, 2.24) is 19.8 Å². The van der Waals surface area contributed by atoms with Crippen LogP contribution < -0.4 is 9.47 Å². The van der Waals surface area contributed by atoms with Crippen LogP contribution in [-0.2, 0) is 6.42 Å². The number of nitrogens with zero attached hydrogens (tertiary/aromatic N) is 4. The molecule has 26 heavy (non-hydrogen) atoms. The van der Waals surface area contributed by atoms with E-state index in [1.165, 1.54) is 11.3 Å². The van der Waals surface area contributed by atoms with E-state index in [-0.39, 0.29) is 0 Å². The van der Waals surface area contributed by atoms with Crippen molar-refractivity contribution in [3.63, 3.8) is 0 Å². The molecule has 0 bridgehead atoms. The molecule has 0 amide bonds. The maximum atomic E-state index is 5.58. The first-order valence-electron chi connectivity index (χ1n) is 8.34. The van der Waals surface area contributed by atoms with Crippen molar-refractivity contribution in [2.45, 2.75) is 13.3 Å². The third-order valence-electron chi connectivity index (χ3n) is 3.97. The SMILES string of the molecule is CCOc1cccc(-c2nn3c(Cc4ccc(OC)cc4)nnc3s2)c1. The van der Waals surface area contributed by atoms with E-state index in [1.807, 2.05) is 60.0 Å². The molecule has 7 heteroatoms. The molecular weight excluding hydrogens is 348 g/mol. The molecule has 2 heterocycles. The number of rotatable bonds is 6. The first-order valence-corrected chi connectivity index (χ1v) is 9.15. The summed E-state index contributed by atoms with van der Waals surface area (Å²) in [5.74, 6) is 2.49. The average molecular weight is 366 g/mol. The number of fused-ring (bicyclic) bond motifs is 1. The van der Waals surface area contributed by atoms with Crippen LogP contribution in [0.25, 0.3) is 15.5 Å². The molecule has 0 saturated carbocycles. The Balaban J connectivity index is 1.63. The number of benzene rings is 2. The highest BCUT2D eigenvalue weighted by Gasteiger charge is 2.14. The highest BCUT2D eigenvalue weighted by Crippen LogP contribution is 2.28. The summed E-state index contributed by atoms with van der Waals surface area (Å²) in [5, 5.41) is 14.1. The van der Waals surface area contributed by atoms with E-state index in [9.17, 15) is 0 Å². The zero-order valence-electron chi connectivity index (χ0n) is 14.5. The lowest BCUT2D eigenvalue weighted by Gasteiger charge is -2.03. The molecule has 0 atom stereocenters. The van der Waals surface area contributed by atoms with E-state index in [2.05, 4.69) is 10.2 Å². The van der Waals surface area contributed by atoms with E-state index in [4.69, 9.17) is 14.6 Å². The van der Waals surface area contributed by atoms with Gasteiger partial charge < -0.3 is 9.47 Å². The van der Waals surface area contributed by atoms with Crippen LogP contribution in [0.3, 0.4) is 0 Å². The van der Waals surface area contributed by atoms with Crippen LogP contribution in [0, 0.1) is 0 Å². The molecule has 4 rings (SSSR count). The van der Waals surface area contributed by atoms with Gasteiger partial charge in [-0.1, -0.05) is 35.6 Å². The van der Waals surface area contributed by atoms with Gasteiger partial charge in [0.1, 0.15) is 16.5 Å². The minimum Gasteiger partial charge on any atom is -0.497 e. The molecule has 132 valence electrons. The summed E-state index contributed by atoms with van der Waals surface area (Å²) in [5.41, 5.74) is 2.15. The maximum Gasteiger partial charge on any atom is 0.234 e. The standard InChI is InChI=1S/C19H18N4O2S/c1-3-25-16-6-4-5-14(12-16)18-22-23-17(20-21-19(23)26-18)11-13-7-9-15(24-2)10-8-13/h4-10,12H,3,11H2,1-2H3. The molecule has 4 aromatic rings. The molecular formula is C19H18N4O2S. The van der Waals surface area contributed by atoms with Gasteiger partial charge in [0.15, 0.2) is 5.82 Å². The first kappa shape index (κ1) is 16.5. The van der Waals surface area contributed by atoms with E-state index in [0.717, 1.165) is 38.4 Å². The van der Waals surface area contributed by atoms with Crippen molar-refractivity contribution in [3.8, 4) is 22.1 Å². The Morgan fingerprint density at radius 2 is 1.88 bits per heavy atom. The Bertz CT molecular complexity index is 1020. The number of methoxy groups -OCH3 is 1. The largest absolute Gasteiger partial charge is 0.497 e. The van der Waals surface area contributed by atoms with E-state index >= 15 is 0 Å². The van der Waals surface area contributed by atoms with Crippen molar-refractivity contribution >= 4 is 16.3 Å². The average Bonchev–Trinajstić information content (AvgIpc) is 3.25. The smallest absolute Gasteiger partial charge is 0.234 e. The molecule has 0 fully saturated rings. The van der Waals surface area contributed by atoms with Gasteiger partial charge >= 0.3 is 0 Å². The summed E-state index contributed by atoms with van der Waals surface area (Å²) >= 11 is 1.52. The van der Waals surface area contributed by atoms with Gasteiger partial charge in [-0.15, -0.1) is 10.2 Å². The van der Waals surface area contributed by atoms with Gasteiger partial charge in [0.2, 0.25) is 4.96 Å². The minimum atomic E-state index is 0.639. The summed E-state index contributed by atoms with van der Waals surface area (Å²) in [6.07, 6.45) is 0.660. The molecule has 0 aliphatic carbocycles. The number of hydrogen-bond acceptors (Lipinski definition) is 6. The monoisotopic (exact) mass is 366 g/mol. The molecule has 0 radical (unpaired) electrons. The van der Waals surface area contributed by atoms with Gasteiger partial charge in [-0.25, -0.2) is 0 Å². The zero-order chi connectivity index (χ0) is 17.9. The number of aromatic nitrogens is 4. The third kappa shape index (κ3) is 3.25. The normalized spacial score (nSPS) is 11.0. The summed E-state index contributed by atoms with van der Waals surface area (Å²) in [4.78, 5) is 0.783. The Morgan fingerprint density at radius 3 is 2.65 bits per heavy atom. The van der Waals surface area contributed by atoms with Gasteiger partial charge in [0.25, 0.3) is 0 Å². The van der Waals surface area contributed by atoms with Gasteiger partial charge in [0, 0.05) is 12.0 Å². The lowest BCUT2D eigenvalue weighted by molar-refractivity contribution is 0.340. The number of ether oxygens (including phenoxy) is 2. The second-order valence-corrected chi connectivity index (χ2v) is 6.66. The van der Waals surface area contributed by atoms with E-state index in [0.29, 0.717) is 13.0 Å². The zero-order valence-corrected chi connectivity index (χ0v) is 15.4. The van der Waals surface area contributed by atoms with Gasteiger partial charge in [-0.05, 0) is 36.8 Å². The third-order valence-corrected chi connectivity index (χ3v) is 4.92. The molecule has 0 saturated heterocycles. The van der Waals surface area contributed by atoms with Gasteiger partial charge in [-0.2, -0.15) is 9.61 Å². The fourth-order valence-corrected chi connectivity index (χ4v) is 3.55. The molecule has 0 aliphatic rings. The predicted octanol–water partition coefficient (Wildman–Crippen LogP) is 3.85. The van der Waals surface area contributed by atoms with Crippen LogP contribution in [-0.4, -0.2) is 33.5 Å². The fourth-order valence-electron chi connectivity index (χ4n) is 2.70. The second-order valence-electron chi connectivity index (χ2n) is 5.70. The van der Waals surface area contributed by atoms with Crippen LogP contribution >= 0.6 is 11.3 Å². The fraction of sp³-hybridized carbons (Fsp3) is 0.211. The predicted molar refractivity (Wildman–Crippen MR) is 101 cm³/mol. The van der Waals surface area contributed by atoms with Gasteiger partial charge in [0.05, 0.1) is 13.7 Å². The van der Waals surface area contributed by atoms with Crippen molar-refractivity contribution in [3.05, 3.63) is 59.9 Å². The first-order chi connectivity index (χ1) is 12.8. The van der Waals surface area contributed by atoms with Crippen molar-refractivity contribution < 1.29 is 9.47 Å². The minimum absolute atomic E-state index is 0.639. The molecule has 6 nitrogen and oxygen atoms in total. The van der Waals surface area contributed by atoms with E-state index < -0.39 is 0 Å². The summed E-state index contributed by atoms with van der Waals surface area (Å²) < 4.78 is 12.6. The quantitative estimate of drug-likeness (QED) is 0.519. The van der Waals surface area contributed by atoms with Crippen molar-refractivity contribution in [2.75, 3.05) is 13.7 Å². The molecule has 0 unspecified atom stereocenters. The Kier molecular flexibility index (Phi) is 4.53. The molecule has 2 aromatic carbocycles. The highest BCUT2D eigenvalue weighted by atomic mass is 32.1. The highest BCUT2D eigenvalue weighted by molar-refractivity contribution is 7.19. The molecule has 0 spiro atoms. The number of hydrogen-bond donors (Lipinski definition) is 0.